The van der Waals surface area contributed by atoms with Crippen LogP contribution < -0.4 is 0 Å². The Kier molecular flexibility index (Phi) is 5.11. The lowest BCUT2D eigenvalue weighted by molar-refractivity contribution is -0.143. The zero-order valence-electron chi connectivity index (χ0n) is 16.1. The van der Waals surface area contributed by atoms with Gasteiger partial charge in [0.05, 0.1) is 16.9 Å². The topological polar surface area (TPSA) is 92.9 Å². The predicted octanol–water partition coefficient (Wildman–Crippen LogP) is 2.68. The SMILES string of the molecule is COC(=O)[C@]1(C)CN1S(=O)(=NS(=O)(=O)c1ccc(C)cc1)c1ccc(C)cc1. The molecule has 0 aliphatic carbocycles. The van der Waals surface area contributed by atoms with Gasteiger partial charge in [-0.25, -0.2) is 9.00 Å². The quantitative estimate of drug-likeness (QED) is 0.546. The van der Waals surface area contributed by atoms with Gasteiger partial charge in [0.1, 0.15) is 5.54 Å². The number of hydrogen-bond donors (Lipinski definition) is 0. The van der Waals surface area contributed by atoms with E-state index in [-0.39, 0.29) is 16.3 Å². The number of methoxy groups -OCH3 is 1. The first-order valence-corrected chi connectivity index (χ1v) is 11.5. The van der Waals surface area contributed by atoms with E-state index in [9.17, 15) is 17.4 Å². The van der Waals surface area contributed by atoms with Gasteiger partial charge in [-0.2, -0.15) is 12.7 Å². The van der Waals surface area contributed by atoms with Gasteiger partial charge in [-0.3, -0.25) is 0 Å². The molecule has 2 aromatic carbocycles. The summed E-state index contributed by atoms with van der Waals surface area (Å²) in [5.41, 5.74) is 0.624. The van der Waals surface area contributed by atoms with Crippen LogP contribution in [0.4, 0.5) is 0 Å². The molecule has 0 radical (unpaired) electrons. The van der Waals surface area contributed by atoms with Crippen LogP contribution in [0.5, 0.6) is 0 Å². The summed E-state index contributed by atoms with van der Waals surface area (Å²) < 4.78 is 49.6. The van der Waals surface area contributed by atoms with Crippen molar-refractivity contribution < 1.29 is 22.2 Å². The molecule has 1 fully saturated rings. The third-order valence-electron chi connectivity index (χ3n) is 4.67. The average Bonchev–Trinajstić information content (AvgIpc) is 3.35. The fourth-order valence-corrected chi connectivity index (χ4v) is 7.15. The van der Waals surface area contributed by atoms with E-state index in [0.717, 1.165) is 11.1 Å². The number of rotatable bonds is 5. The number of carbonyl (C=O) groups excluding carboxylic acids is 1. The van der Waals surface area contributed by atoms with Crippen molar-refractivity contribution in [3.8, 4) is 0 Å². The van der Waals surface area contributed by atoms with Crippen LogP contribution in [-0.4, -0.2) is 42.1 Å². The van der Waals surface area contributed by atoms with Crippen molar-refractivity contribution in [2.75, 3.05) is 13.7 Å². The Morgan fingerprint density at radius 3 is 1.89 bits per heavy atom. The minimum atomic E-state index is -4.22. The highest BCUT2D eigenvalue weighted by Gasteiger charge is 2.61. The van der Waals surface area contributed by atoms with Crippen LogP contribution in [-0.2, 0) is 29.5 Å². The maximum absolute atomic E-state index is 13.9. The molecule has 2 aromatic rings. The molecule has 0 saturated carbocycles. The highest BCUT2D eigenvalue weighted by Crippen LogP contribution is 2.41. The molecule has 3 rings (SSSR count). The lowest BCUT2D eigenvalue weighted by atomic mass is 10.2. The minimum Gasteiger partial charge on any atom is -0.468 e. The van der Waals surface area contributed by atoms with Crippen LogP contribution in [0.2, 0.25) is 0 Å². The highest BCUT2D eigenvalue weighted by molar-refractivity contribution is 8.02. The second kappa shape index (κ2) is 6.98. The van der Waals surface area contributed by atoms with E-state index < -0.39 is 31.4 Å². The van der Waals surface area contributed by atoms with E-state index in [2.05, 4.69) is 3.77 Å². The summed E-state index contributed by atoms with van der Waals surface area (Å²) in [6.45, 7) is 5.34. The van der Waals surface area contributed by atoms with Gasteiger partial charge in [0.2, 0.25) is 0 Å². The van der Waals surface area contributed by atoms with Gasteiger partial charge in [-0.05, 0) is 45.0 Å². The molecule has 0 amide bonds. The highest BCUT2D eigenvalue weighted by atomic mass is 32.3. The van der Waals surface area contributed by atoms with Crippen molar-refractivity contribution in [1.29, 1.82) is 0 Å². The fraction of sp³-hybridized carbons (Fsp3) is 0.316. The van der Waals surface area contributed by atoms with E-state index >= 15 is 0 Å². The second-order valence-electron chi connectivity index (χ2n) is 6.97. The molecule has 28 heavy (non-hydrogen) atoms. The number of nitrogens with zero attached hydrogens (tertiary/aromatic N) is 2. The summed E-state index contributed by atoms with van der Waals surface area (Å²) in [5.74, 6) is -0.588. The van der Waals surface area contributed by atoms with Crippen LogP contribution in [0.15, 0.2) is 62.1 Å². The van der Waals surface area contributed by atoms with Crippen LogP contribution in [0, 0.1) is 13.8 Å². The number of aryl methyl sites for hydroxylation is 2. The van der Waals surface area contributed by atoms with Crippen molar-refractivity contribution in [3.63, 3.8) is 0 Å². The molecular weight excluding hydrogens is 400 g/mol. The largest absolute Gasteiger partial charge is 0.468 e. The van der Waals surface area contributed by atoms with Crippen LogP contribution >= 0.6 is 0 Å². The van der Waals surface area contributed by atoms with Crippen molar-refractivity contribution in [2.24, 2.45) is 3.77 Å². The Balaban J connectivity index is 2.19. The van der Waals surface area contributed by atoms with Gasteiger partial charge in [-0.15, -0.1) is 0 Å². The van der Waals surface area contributed by atoms with Crippen LogP contribution in [0.1, 0.15) is 18.1 Å². The van der Waals surface area contributed by atoms with Gasteiger partial charge in [0.15, 0.2) is 9.92 Å². The average molecular weight is 423 g/mol. The summed E-state index contributed by atoms with van der Waals surface area (Å²) >= 11 is 0. The second-order valence-corrected chi connectivity index (χ2v) is 10.9. The predicted molar refractivity (Wildman–Crippen MR) is 106 cm³/mol. The molecule has 9 heteroatoms. The van der Waals surface area contributed by atoms with Crippen molar-refractivity contribution >= 4 is 25.9 Å². The molecule has 0 N–H and O–H groups in total. The number of esters is 1. The Morgan fingerprint density at radius 1 is 0.964 bits per heavy atom. The first-order valence-electron chi connectivity index (χ1n) is 8.56. The van der Waals surface area contributed by atoms with E-state index in [1.807, 2.05) is 13.8 Å². The Hall–Kier alpha value is -2.23. The number of benzene rings is 2. The summed E-state index contributed by atoms with van der Waals surface area (Å²) in [7, 11) is -6.59. The molecule has 1 heterocycles. The van der Waals surface area contributed by atoms with Crippen molar-refractivity contribution in [2.45, 2.75) is 36.1 Å². The van der Waals surface area contributed by atoms with Gasteiger partial charge < -0.3 is 4.74 Å². The third kappa shape index (κ3) is 3.57. The standard InChI is InChI=1S/C19H22N2O5S2/c1-14-5-9-16(10-6-14)27(23,21-13-19(21,3)18(22)26-4)20-28(24,25)17-11-7-15(2)8-12-17/h5-12H,13H2,1-4H3/t19-,21?,27?/m0/s1. The molecule has 1 saturated heterocycles. The number of sulfonamides is 1. The summed E-state index contributed by atoms with van der Waals surface area (Å²) in [5, 5.41) is 0. The van der Waals surface area contributed by atoms with Crippen LogP contribution in [0.3, 0.4) is 0 Å². The van der Waals surface area contributed by atoms with Crippen LogP contribution in [0.25, 0.3) is 0 Å². The molecule has 0 spiro atoms. The molecule has 150 valence electrons. The zero-order valence-corrected chi connectivity index (χ0v) is 17.7. The number of hydrogen-bond acceptors (Lipinski definition) is 5. The first-order chi connectivity index (χ1) is 13.0. The van der Waals surface area contributed by atoms with Gasteiger partial charge >= 0.3 is 5.97 Å². The minimum absolute atomic E-state index is 0.0560. The normalized spacial score (nSPS) is 23.5. The molecule has 1 aliphatic heterocycles. The zero-order chi connectivity index (χ0) is 20.7. The van der Waals surface area contributed by atoms with Crippen molar-refractivity contribution in [1.82, 2.24) is 4.31 Å². The van der Waals surface area contributed by atoms with E-state index in [4.69, 9.17) is 4.74 Å². The van der Waals surface area contributed by atoms with E-state index in [0.29, 0.717) is 0 Å². The van der Waals surface area contributed by atoms with Gasteiger partial charge in [-0.1, -0.05) is 39.2 Å². The molecule has 2 unspecified atom stereocenters. The Bertz CT molecular complexity index is 1130. The van der Waals surface area contributed by atoms with E-state index in [1.165, 1.54) is 23.5 Å². The monoisotopic (exact) mass is 422 g/mol. The molecular formula is C19H22N2O5S2. The van der Waals surface area contributed by atoms with Gasteiger partial charge in [0.25, 0.3) is 10.0 Å². The van der Waals surface area contributed by atoms with E-state index in [1.54, 1.807) is 43.3 Å². The lowest BCUT2D eigenvalue weighted by Gasteiger charge is -2.16. The molecule has 0 bridgehead atoms. The fourth-order valence-electron chi connectivity index (χ4n) is 2.80. The molecule has 1 aliphatic rings. The Morgan fingerprint density at radius 2 is 1.43 bits per heavy atom. The number of carbonyl (C=O) groups is 1. The van der Waals surface area contributed by atoms with Gasteiger partial charge in [0, 0.05) is 6.54 Å². The third-order valence-corrected chi connectivity index (χ3v) is 9.15. The lowest BCUT2D eigenvalue weighted by Crippen LogP contribution is -2.30. The number of ether oxygens (including phenoxy) is 1. The molecule has 0 aromatic heterocycles. The van der Waals surface area contributed by atoms with Crippen molar-refractivity contribution in [3.05, 3.63) is 59.7 Å². The maximum Gasteiger partial charge on any atom is 0.328 e. The summed E-state index contributed by atoms with van der Waals surface area (Å²) in [6, 6.07) is 12.7. The molecule has 7 nitrogen and oxygen atoms in total. The summed E-state index contributed by atoms with van der Waals surface area (Å²) in [4.78, 5) is 12.3. The smallest absolute Gasteiger partial charge is 0.328 e. The summed E-state index contributed by atoms with van der Waals surface area (Å²) in [6.07, 6.45) is 0. The molecule has 3 atom stereocenters. The Labute approximate surface area is 165 Å². The first kappa shape index (κ1) is 20.5. The maximum atomic E-state index is 13.9.